The van der Waals surface area contributed by atoms with E-state index in [9.17, 15) is 14.4 Å². The number of benzene rings is 2. The summed E-state index contributed by atoms with van der Waals surface area (Å²) in [5, 5.41) is 11.7. The van der Waals surface area contributed by atoms with Crippen LogP contribution in [0.25, 0.3) is 11.1 Å². The second-order valence-corrected chi connectivity index (χ2v) is 8.21. The van der Waals surface area contributed by atoms with Crippen molar-refractivity contribution in [3.63, 3.8) is 0 Å². The van der Waals surface area contributed by atoms with E-state index < -0.39 is 24.0 Å². The fourth-order valence-corrected chi connectivity index (χ4v) is 4.41. The molecule has 1 atom stereocenters. The summed E-state index contributed by atoms with van der Waals surface area (Å²) >= 11 is 0. The molecule has 2 aromatic carbocycles. The van der Waals surface area contributed by atoms with Gasteiger partial charge in [0.25, 0.3) is 5.91 Å². The highest BCUT2D eigenvalue weighted by atomic mass is 16.5. The highest BCUT2D eigenvalue weighted by Gasteiger charge is 2.38. The Morgan fingerprint density at radius 3 is 2.18 bits per heavy atom. The van der Waals surface area contributed by atoms with E-state index in [4.69, 9.17) is 9.84 Å². The van der Waals surface area contributed by atoms with Crippen LogP contribution < -0.4 is 5.32 Å². The molecule has 2 N–H and O–H groups in total. The lowest BCUT2D eigenvalue weighted by Crippen LogP contribution is -2.55. The summed E-state index contributed by atoms with van der Waals surface area (Å²) < 4.78 is 5.49. The Hall–Kier alpha value is -4.27. The molecule has 1 unspecified atom stereocenters. The second kappa shape index (κ2) is 8.93. The van der Waals surface area contributed by atoms with Gasteiger partial charge in [0.1, 0.15) is 18.5 Å². The zero-order valence-corrected chi connectivity index (χ0v) is 18.2. The minimum absolute atomic E-state index is 0.0316. The van der Waals surface area contributed by atoms with Crippen LogP contribution in [0.4, 0.5) is 4.79 Å². The maximum atomic E-state index is 12.4. The fraction of sp³-hybridized carbons (Fsp3) is 0.240. The molecule has 1 aliphatic carbocycles. The van der Waals surface area contributed by atoms with Crippen LogP contribution in [-0.4, -0.2) is 57.1 Å². The molecule has 1 saturated heterocycles. The van der Waals surface area contributed by atoms with E-state index >= 15 is 0 Å². The van der Waals surface area contributed by atoms with E-state index in [1.54, 1.807) is 0 Å². The number of aromatic nitrogens is 2. The minimum atomic E-state index is -1.02. The summed E-state index contributed by atoms with van der Waals surface area (Å²) in [6.07, 6.45) is 2.52. The molecular weight excluding hydrogens is 436 g/mol. The normalized spacial score (nSPS) is 16.2. The average Bonchev–Trinajstić information content (AvgIpc) is 3.14. The lowest BCUT2D eigenvalue weighted by Gasteiger charge is -2.37. The third-order valence-corrected chi connectivity index (χ3v) is 6.25. The van der Waals surface area contributed by atoms with E-state index in [2.05, 4.69) is 39.6 Å². The summed E-state index contributed by atoms with van der Waals surface area (Å²) in [6, 6.07) is 15.4. The van der Waals surface area contributed by atoms with Gasteiger partial charge in [-0.15, -0.1) is 0 Å². The number of carbonyl (C=O) groups excluding carboxylic acids is 2. The van der Waals surface area contributed by atoms with Gasteiger partial charge in [0.15, 0.2) is 0 Å². The van der Waals surface area contributed by atoms with Crippen molar-refractivity contribution in [2.75, 3.05) is 13.2 Å². The molecular formula is C25H22N4O5. The number of aliphatic carboxylic acids is 1. The second-order valence-electron chi connectivity index (χ2n) is 8.21. The zero-order chi connectivity index (χ0) is 23.7. The zero-order valence-electron chi connectivity index (χ0n) is 18.2. The average molecular weight is 458 g/mol. The summed E-state index contributed by atoms with van der Waals surface area (Å²) in [5.41, 5.74) is 4.78. The number of amides is 2. The Morgan fingerprint density at radius 2 is 1.62 bits per heavy atom. The van der Waals surface area contributed by atoms with Gasteiger partial charge in [-0.2, -0.15) is 0 Å². The van der Waals surface area contributed by atoms with Gasteiger partial charge < -0.3 is 20.1 Å². The number of hydrogen-bond donors (Lipinski definition) is 2. The Morgan fingerprint density at radius 1 is 1.00 bits per heavy atom. The van der Waals surface area contributed by atoms with Crippen LogP contribution in [0.15, 0.2) is 60.9 Å². The predicted octanol–water partition coefficient (Wildman–Crippen LogP) is 2.81. The van der Waals surface area contributed by atoms with Crippen LogP contribution >= 0.6 is 0 Å². The lowest BCUT2D eigenvalue weighted by atomic mass is 9.98. The molecule has 0 radical (unpaired) electrons. The molecule has 9 heteroatoms. The van der Waals surface area contributed by atoms with Crippen molar-refractivity contribution in [1.82, 2.24) is 20.2 Å². The van der Waals surface area contributed by atoms with Gasteiger partial charge in [0.2, 0.25) is 0 Å². The quantitative estimate of drug-likeness (QED) is 0.582. The van der Waals surface area contributed by atoms with Crippen LogP contribution in [0.5, 0.6) is 0 Å². The number of rotatable bonds is 6. The summed E-state index contributed by atoms with van der Waals surface area (Å²) in [6.45, 7) is 0.627. The Balaban J connectivity index is 1.15. The first-order chi connectivity index (χ1) is 16.5. The van der Waals surface area contributed by atoms with Gasteiger partial charge in [0, 0.05) is 24.9 Å². The molecule has 2 amide bonds. The third-order valence-electron chi connectivity index (χ3n) is 6.25. The summed E-state index contributed by atoms with van der Waals surface area (Å²) in [5.74, 6) is -1.17. The van der Waals surface area contributed by atoms with Crippen molar-refractivity contribution in [3.05, 3.63) is 83.4 Å². The maximum Gasteiger partial charge on any atom is 0.407 e. The Labute approximate surface area is 195 Å². The molecule has 0 spiro atoms. The van der Waals surface area contributed by atoms with E-state index in [-0.39, 0.29) is 24.6 Å². The third kappa shape index (κ3) is 3.96. The largest absolute Gasteiger partial charge is 0.480 e. The first kappa shape index (κ1) is 21.6. The molecule has 0 bridgehead atoms. The van der Waals surface area contributed by atoms with Crippen molar-refractivity contribution >= 4 is 18.0 Å². The van der Waals surface area contributed by atoms with Crippen molar-refractivity contribution in [2.45, 2.75) is 24.9 Å². The number of nitrogens with one attached hydrogen (secondary N) is 1. The number of hydrogen-bond acceptors (Lipinski definition) is 6. The molecule has 0 saturated carbocycles. The van der Waals surface area contributed by atoms with Crippen molar-refractivity contribution in [3.8, 4) is 11.1 Å². The lowest BCUT2D eigenvalue weighted by molar-refractivity contribution is -0.146. The maximum absolute atomic E-state index is 12.4. The molecule has 1 fully saturated rings. The van der Waals surface area contributed by atoms with E-state index in [0.717, 1.165) is 22.3 Å². The molecule has 172 valence electrons. The van der Waals surface area contributed by atoms with Crippen LogP contribution in [0, 0.1) is 0 Å². The first-order valence-corrected chi connectivity index (χ1v) is 11.0. The van der Waals surface area contributed by atoms with Gasteiger partial charge in [-0.1, -0.05) is 48.5 Å². The fourth-order valence-electron chi connectivity index (χ4n) is 4.41. The number of nitrogens with zero attached hydrogens (tertiary/aromatic N) is 3. The van der Waals surface area contributed by atoms with Gasteiger partial charge in [-0.3, -0.25) is 4.79 Å². The number of carboxylic acids is 1. The number of fused-ring (bicyclic) bond motifs is 3. The molecule has 1 aliphatic heterocycles. The number of alkyl carbamates (subject to hydrolysis) is 1. The van der Waals surface area contributed by atoms with E-state index in [1.807, 2.05) is 24.3 Å². The predicted molar refractivity (Wildman–Crippen MR) is 121 cm³/mol. The molecule has 2 aliphatic rings. The smallest absolute Gasteiger partial charge is 0.407 e. The molecule has 9 nitrogen and oxygen atoms in total. The Bertz CT molecular complexity index is 1210. The van der Waals surface area contributed by atoms with E-state index in [0.29, 0.717) is 18.8 Å². The number of likely N-dealkylation sites (tertiary alicyclic amines) is 1. The van der Waals surface area contributed by atoms with Crippen molar-refractivity contribution < 1.29 is 24.2 Å². The van der Waals surface area contributed by atoms with Crippen LogP contribution in [0.2, 0.25) is 0 Å². The SMILES string of the molecule is O=C(NCc1ncc(C(=O)N2CCC2C(=O)O)cn1)OCC1c2ccccc2-c2ccccc21. The summed E-state index contributed by atoms with van der Waals surface area (Å²) in [4.78, 5) is 45.3. The van der Waals surface area contributed by atoms with Gasteiger partial charge in [-0.05, 0) is 28.7 Å². The summed E-state index contributed by atoms with van der Waals surface area (Å²) in [7, 11) is 0. The van der Waals surface area contributed by atoms with Crippen LogP contribution in [0.1, 0.15) is 39.6 Å². The van der Waals surface area contributed by atoms with Crippen molar-refractivity contribution in [2.24, 2.45) is 0 Å². The molecule has 2 heterocycles. The van der Waals surface area contributed by atoms with E-state index in [1.165, 1.54) is 17.3 Å². The number of ether oxygens (including phenoxy) is 1. The minimum Gasteiger partial charge on any atom is -0.480 e. The highest BCUT2D eigenvalue weighted by molar-refractivity contribution is 5.97. The highest BCUT2D eigenvalue weighted by Crippen LogP contribution is 2.44. The number of carbonyl (C=O) groups is 3. The monoisotopic (exact) mass is 458 g/mol. The molecule has 5 rings (SSSR count). The standard InChI is InChI=1S/C25H22N4O5/c30-23(29-10-9-21(29)24(31)32)15-11-26-22(27-12-15)13-28-25(33)34-14-20-18-7-3-1-5-16(18)17-6-2-4-8-19(17)20/h1-8,11-12,20-21H,9-10,13-14H2,(H,28,33)(H,31,32). The topological polar surface area (TPSA) is 122 Å². The van der Waals surface area contributed by atoms with Gasteiger partial charge >= 0.3 is 12.1 Å². The van der Waals surface area contributed by atoms with Gasteiger partial charge in [-0.25, -0.2) is 19.6 Å². The molecule has 1 aromatic heterocycles. The number of carboxylic acid groups (broad SMARTS) is 1. The van der Waals surface area contributed by atoms with Crippen LogP contribution in [-0.2, 0) is 16.1 Å². The first-order valence-electron chi connectivity index (χ1n) is 11.0. The van der Waals surface area contributed by atoms with Gasteiger partial charge in [0.05, 0.1) is 12.1 Å². The Kier molecular flexibility index (Phi) is 5.67. The molecule has 3 aromatic rings. The van der Waals surface area contributed by atoms with Crippen LogP contribution in [0.3, 0.4) is 0 Å². The molecule has 34 heavy (non-hydrogen) atoms. The van der Waals surface area contributed by atoms with Crippen molar-refractivity contribution in [1.29, 1.82) is 0 Å².